The predicted octanol–water partition coefficient (Wildman–Crippen LogP) is 2.41. The van der Waals surface area contributed by atoms with E-state index < -0.39 is 0 Å². The fourth-order valence-corrected chi connectivity index (χ4v) is 4.09. The number of aliphatic hydroxyl groups excluding tert-OH is 1. The third-order valence-electron chi connectivity index (χ3n) is 4.72. The molecule has 11 heteroatoms. The lowest BCUT2D eigenvalue weighted by atomic mass is 10.2. The van der Waals surface area contributed by atoms with Gasteiger partial charge in [-0.15, -0.1) is 16.9 Å². The van der Waals surface area contributed by atoms with Crippen molar-refractivity contribution in [1.29, 1.82) is 0 Å². The molecule has 9 nitrogen and oxygen atoms in total. The number of benzene rings is 1. The Hall–Kier alpha value is -3.31. The van der Waals surface area contributed by atoms with Crippen molar-refractivity contribution in [2.75, 3.05) is 24.8 Å². The molecule has 0 saturated carbocycles. The van der Waals surface area contributed by atoms with Crippen LogP contribution in [-0.2, 0) is 0 Å². The summed E-state index contributed by atoms with van der Waals surface area (Å²) in [6.45, 7) is 0.597. The summed E-state index contributed by atoms with van der Waals surface area (Å²) < 4.78 is 7.97. The Bertz CT molecular complexity index is 1230. The van der Waals surface area contributed by atoms with Gasteiger partial charge in [0, 0.05) is 37.6 Å². The highest BCUT2D eigenvalue weighted by Crippen LogP contribution is 2.31. The van der Waals surface area contributed by atoms with Crippen molar-refractivity contribution in [3.63, 3.8) is 0 Å². The van der Waals surface area contributed by atoms with Gasteiger partial charge in [-0.1, -0.05) is 17.7 Å². The standard InChI is InChI=1S/C22H22ClN5O4S/c23-20-8-7-19(33-20)22(31)24-13-15-14-28(26-25-15)17-6-5-16(12-18(17)32-11-3-10-29)27-9-2-1-4-21(27)30/h1-2,4-9,12,14,25-26,29H,3,10-11,13H2,(H,24,31). The Morgan fingerprint density at radius 3 is 2.85 bits per heavy atom. The molecular weight excluding hydrogens is 466 g/mol. The maximum atomic E-state index is 12.3. The molecule has 0 aliphatic carbocycles. The highest BCUT2D eigenvalue weighted by molar-refractivity contribution is 7.18. The maximum absolute atomic E-state index is 12.3. The predicted molar refractivity (Wildman–Crippen MR) is 128 cm³/mol. The van der Waals surface area contributed by atoms with E-state index in [-0.39, 0.29) is 24.6 Å². The molecule has 33 heavy (non-hydrogen) atoms. The van der Waals surface area contributed by atoms with Crippen LogP contribution in [0.15, 0.2) is 71.4 Å². The quantitative estimate of drug-likeness (QED) is 0.343. The van der Waals surface area contributed by atoms with Crippen molar-refractivity contribution in [3.8, 4) is 11.4 Å². The van der Waals surface area contributed by atoms with Crippen molar-refractivity contribution < 1.29 is 14.6 Å². The summed E-state index contributed by atoms with van der Waals surface area (Å²) in [5.41, 5.74) is 7.96. The van der Waals surface area contributed by atoms with Crippen molar-refractivity contribution in [2.45, 2.75) is 6.42 Å². The third-order valence-corrected chi connectivity index (χ3v) is 5.95. The zero-order valence-corrected chi connectivity index (χ0v) is 19.0. The van der Waals surface area contributed by atoms with E-state index in [1.807, 2.05) is 12.1 Å². The number of halogens is 1. The SMILES string of the molecule is O=C(NCC1=CN(c2ccc(-n3ccccc3=O)cc2OCCCO)NN1)c1ccc(Cl)s1. The van der Waals surface area contributed by atoms with Gasteiger partial charge in [0.15, 0.2) is 0 Å². The number of aromatic nitrogens is 1. The number of anilines is 1. The van der Waals surface area contributed by atoms with E-state index in [0.29, 0.717) is 39.4 Å². The molecule has 0 bridgehead atoms. The topological polar surface area (TPSA) is 108 Å². The Labute approximate surface area is 198 Å². The second-order valence-electron chi connectivity index (χ2n) is 7.03. The van der Waals surface area contributed by atoms with Gasteiger partial charge in [-0.05, 0) is 30.3 Å². The number of ether oxygens (including phenoxy) is 1. The molecule has 1 aromatic carbocycles. The number of hydrazine groups is 2. The number of pyridine rings is 1. The molecule has 0 spiro atoms. The molecule has 172 valence electrons. The highest BCUT2D eigenvalue weighted by atomic mass is 35.5. The minimum Gasteiger partial charge on any atom is -0.491 e. The zero-order chi connectivity index (χ0) is 23.2. The second-order valence-corrected chi connectivity index (χ2v) is 8.75. The summed E-state index contributed by atoms with van der Waals surface area (Å²) in [5, 5.41) is 13.7. The summed E-state index contributed by atoms with van der Waals surface area (Å²) >= 11 is 7.11. The molecule has 0 fully saturated rings. The van der Waals surface area contributed by atoms with Gasteiger partial charge in [0.25, 0.3) is 11.5 Å². The molecule has 3 heterocycles. The molecule has 2 aromatic heterocycles. The van der Waals surface area contributed by atoms with Gasteiger partial charge in [-0.25, -0.2) is 0 Å². The van der Waals surface area contributed by atoms with Gasteiger partial charge in [-0.2, -0.15) is 0 Å². The van der Waals surface area contributed by atoms with Crippen LogP contribution in [0, 0.1) is 0 Å². The number of nitrogens with zero attached hydrogens (tertiary/aromatic N) is 2. The van der Waals surface area contributed by atoms with Gasteiger partial charge in [0.1, 0.15) is 11.4 Å². The van der Waals surface area contributed by atoms with Crippen LogP contribution in [0.1, 0.15) is 16.1 Å². The maximum Gasteiger partial charge on any atom is 0.261 e. The molecular formula is C22H22ClN5O4S. The van der Waals surface area contributed by atoms with E-state index in [0.717, 1.165) is 5.70 Å². The van der Waals surface area contributed by atoms with Crippen molar-refractivity contribution in [3.05, 3.63) is 86.2 Å². The van der Waals surface area contributed by atoms with Gasteiger partial charge >= 0.3 is 0 Å². The van der Waals surface area contributed by atoms with Crippen LogP contribution < -0.4 is 31.6 Å². The normalized spacial score (nSPS) is 12.9. The van der Waals surface area contributed by atoms with E-state index in [2.05, 4.69) is 16.3 Å². The van der Waals surface area contributed by atoms with Crippen LogP contribution in [0.3, 0.4) is 0 Å². The van der Waals surface area contributed by atoms with E-state index >= 15 is 0 Å². The van der Waals surface area contributed by atoms with Crippen molar-refractivity contribution in [2.24, 2.45) is 0 Å². The van der Waals surface area contributed by atoms with Gasteiger partial charge in [0.2, 0.25) is 0 Å². The van der Waals surface area contributed by atoms with Gasteiger partial charge < -0.3 is 20.6 Å². The average molecular weight is 488 g/mol. The lowest BCUT2D eigenvalue weighted by Gasteiger charge is -2.20. The fourth-order valence-electron chi connectivity index (χ4n) is 3.13. The summed E-state index contributed by atoms with van der Waals surface area (Å²) in [7, 11) is 0. The molecule has 4 rings (SSSR count). The molecule has 1 aliphatic rings. The number of hydrogen-bond donors (Lipinski definition) is 4. The number of aliphatic hydroxyl groups is 1. The van der Waals surface area contributed by atoms with Crippen LogP contribution in [-0.4, -0.2) is 35.3 Å². The summed E-state index contributed by atoms with van der Waals surface area (Å²) in [4.78, 5) is 25.0. The van der Waals surface area contributed by atoms with Gasteiger partial charge in [-0.3, -0.25) is 19.2 Å². The number of carbonyl (C=O) groups excluding carboxylic acids is 1. The van der Waals surface area contributed by atoms with Crippen LogP contribution in [0.5, 0.6) is 5.75 Å². The van der Waals surface area contributed by atoms with E-state index in [9.17, 15) is 9.59 Å². The average Bonchev–Trinajstić information content (AvgIpc) is 3.47. The summed E-state index contributed by atoms with van der Waals surface area (Å²) in [6.07, 6.45) is 3.96. The number of rotatable bonds is 9. The first-order chi connectivity index (χ1) is 16.0. The largest absolute Gasteiger partial charge is 0.491 e. The van der Waals surface area contributed by atoms with Crippen molar-refractivity contribution in [1.82, 2.24) is 20.8 Å². The number of amides is 1. The fraction of sp³-hybridized carbons (Fsp3) is 0.182. The second kappa shape index (κ2) is 10.5. The molecule has 4 N–H and O–H groups in total. The molecule has 1 amide bonds. The highest BCUT2D eigenvalue weighted by Gasteiger charge is 2.19. The van der Waals surface area contributed by atoms with E-state index in [1.165, 1.54) is 22.0 Å². The zero-order valence-electron chi connectivity index (χ0n) is 17.5. The van der Waals surface area contributed by atoms with Crippen LogP contribution in [0.2, 0.25) is 4.34 Å². The van der Waals surface area contributed by atoms with E-state index in [1.54, 1.807) is 47.7 Å². The van der Waals surface area contributed by atoms with Gasteiger partial charge in [0.05, 0.1) is 33.7 Å². The Kier molecular flexibility index (Phi) is 7.30. The Morgan fingerprint density at radius 1 is 1.21 bits per heavy atom. The smallest absolute Gasteiger partial charge is 0.261 e. The molecule has 0 radical (unpaired) electrons. The number of hydrogen-bond acceptors (Lipinski definition) is 8. The van der Waals surface area contributed by atoms with Crippen LogP contribution in [0.4, 0.5) is 5.69 Å². The van der Waals surface area contributed by atoms with Crippen molar-refractivity contribution >= 4 is 34.5 Å². The number of nitrogens with one attached hydrogen (secondary N) is 3. The first kappa shape index (κ1) is 22.9. The van der Waals surface area contributed by atoms with Crippen LogP contribution in [0.25, 0.3) is 5.69 Å². The molecule has 0 saturated heterocycles. The third kappa shape index (κ3) is 5.55. The minimum atomic E-state index is -0.210. The minimum absolute atomic E-state index is 0.00981. The molecule has 3 aromatic rings. The number of thiophene rings is 1. The Morgan fingerprint density at radius 2 is 2.09 bits per heavy atom. The summed E-state index contributed by atoms with van der Waals surface area (Å²) in [6, 6.07) is 13.7. The lowest BCUT2D eigenvalue weighted by Crippen LogP contribution is -2.38. The molecule has 0 unspecified atom stereocenters. The molecule has 0 atom stereocenters. The van der Waals surface area contributed by atoms with E-state index in [4.69, 9.17) is 21.4 Å². The first-order valence-electron chi connectivity index (χ1n) is 10.2. The Balaban J connectivity index is 1.51. The van der Waals surface area contributed by atoms with Crippen LogP contribution >= 0.6 is 22.9 Å². The summed E-state index contributed by atoms with van der Waals surface area (Å²) in [5.74, 6) is 0.319. The number of carbonyl (C=O) groups is 1. The monoisotopic (exact) mass is 487 g/mol. The molecule has 1 aliphatic heterocycles. The lowest BCUT2D eigenvalue weighted by molar-refractivity contribution is 0.0960. The first-order valence-corrected chi connectivity index (χ1v) is 11.4.